The number of allylic oxidation sites excluding steroid dienone is 1. The molecule has 0 radical (unpaired) electrons. The second-order valence-electron chi connectivity index (χ2n) is 2.46. The van der Waals surface area contributed by atoms with Crippen LogP contribution in [0.1, 0.15) is 20.3 Å². The minimum Gasteiger partial charge on any atom is -0.472 e. The van der Waals surface area contributed by atoms with Gasteiger partial charge in [-0.15, -0.1) is 0 Å². The van der Waals surface area contributed by atoms with Gasteiger partial charge in [-0.05, 0) is 13.3 Å². The van der Waals surface area contributed by atoms with Crippen LogP contribution >= 0.6 is 0 Å². The minimum atomic E-state index is -2.22. The second-order valence-corrected chi connectivity index (χ2v) is 4.22. The fourth-order valence-electron chi connectivity index (χ4n) is 0.762. The average Bonchev–Trinajstić information content (AvgIpc) is 2.14. The first-order valence-electron chi connectivity index (χ1n) is 4.09. The maximum absolute atomic E-state index is 11.2. The fraction of sp³-hybridized carbons (Fsp3) is 0.625. The van der Waals surface area contributed by atoms with Gasteiger partial charge in [0, 0.05) is 19.8 Å². The van der Waals surface area contributed by atoms with Crippen LogP contribution < -0.4 is 0 Å². The van der Waals surface area contributed by atoms with E-state index in [1.54, 1.807) is 13.0 Å². The van der Waals surface area contributed by atoms with Gasteiger partial charge in [-0.3, -0.25) is 0 Å². The summed E-state index contributed by atoms with van der Waals surface area (Å²) in [6, 6.07) is 0. The quantitative estimate of drug-likeness (QED) is 0.493. The molecule has 0 unspecified atom stereocenters. The van der Waals surface area contributed by atoms with E-state index in [1.165, 1.54) is 14.2 Å². The molecule has 0 saturated heterocycles. The number of hydrogen-bond donors (Lipinski definition) is 0. The molecular weight excluding hydrogens is 188 g/mol. The summed E-state index contributed by atoms with van der Waals surface area (Å²) < 4.78 is 14.6. The topological polar surface area (TPSA) is 44.8 Å². The second kappa shape index (κ2) is 6.82. The SMILES string of the molecule is CCC=C(C)C(=O)O[SiH](OC)OC. The highest BCUT2D eigenvalue weighted by Crippen LogP contribution is 2.00. The molecular formula is C8H16O4Si. The van der Waals surface area contributed by atoms with Crippen LogP contribution in [0.2, 0.25) is 0 Å². The van der Waals surface area contributed by atoms with E-state index < -0.39 is 9.53 Å². The molecule has 4 nitrogen and oxygen atoms in total. The van der Waals surface area contributed by atoms with Crippen LogP contribution in [0.5, 0.6) is 0 Å². The Bertz CT molecular complexity index is 187. The molecule has 0 spiro atoms. The van der Waals surface area contributed by atoms with Crippen LogP contribution in [-0.2, 0) is 18.1 Å². The molecule has 0 amide bonds. The van der Waals surface area contributed by atoms with E-state index in [0.717, 1.165) is 6.42 Å². The van der Waals surface area contributed by atoms with E-state index in [1.807, 2.05) is 6.92 Å². The van der Waals surface area contributed by atoms with Gasteiger partial charge in [-0.25, -0.2) is 4.79 Å². The zero-order chi connectivity index (χ0) is 10.3. The van der Waals surface area contributed by atoms with E-state index in [0.29, 0.717) is 5.57 Å². The highest BCUT2D eigenvalue weighted by atomic mass is 28.3. The summed E-state index contributed by atoms with van der Waals surface area (Å²) >= 11 is 0. The average molecular weight is 204 g/mol. The summed E-state index contributed by atoms with van der Waals surface area (Å²) in [5.74, 6) is -0.359. The number of hydrogen-bond acceptors (Lipinski definition) is 4. The van der Waals surface area contributed by atoms with E-state index in [-0.39, 0.29) is 5.97 Å². The minimum absolute atomic E-state index is 0.359. The molecule has 0 aliphatic rings. The molecule has 0 heterocycles. The Balaban J connectivity index is 4.05. The Morgan fingerprint density at radius 3 is 2.31 bits per heavy atom. The van der Waals surface area contributed by atoms with Crippen molar-refractivity contribution in [3.05, 3.63) is 11.6 Å². The van der Waals surface area contributed by atoms with Crippen molar-refractivity contribution in [1.82, 2.24) is 0 Å². The highest BCUT2D eigenvalue weighted by Gasteiger charge is 2.17. The van der Waals surface area contributed by atoms with Crippen molar-refractivity contribution in [3.8, 4) is 0 Å². The van der Waals surface area contributed by atoms with Crippen molar-refractivity contribution in [2.45, 2.75) is 20.3 Å². The summed E-state index contributed by atoms with van der Waals surface area (Å²) in [6.07, 6.45) is 2.62. The summed E-state index contributed by atoms with van der Waals surface area (Å²) in [6.45, 7) is 3.67. The van der Waals surface area contributed by atoms with Gasteiger partial charge in [0.15, 0.2) is 0 Å². The van der Waals surface area contributed by atoms with Crippen molar-refractivity contribution in [1.29, 1.82) is 0 Å². The molecule has 0 fully saturated rings. The lowest BCUT2D eigenvalue weighted by molar-refractivity contribution is -0.133. The Morgan fingerprint density at radius 2 is 1.92 bits per heavy atom. The van der Waals surface area contributed by atoms with Crippen LogP contribution in [0.4, 0.5) is 0 Å². The zero-order valence-electron chi connectivity index (χ0n) is 8.49. The molecule has 0 bridgehead atoms. The van der Waals surface area contributed by atoms with Gasteiger partial charge >= 0.3 is 15.5 Å². The molecule has 0 atom stereocenters. The number of carbonyl (C=O) groups excluding carboxylic acids is 1. The van der Waals surface area contributed by atoms with Crippen LogP contribution in [0.25, 0.3) is 0 Å². The molecule has 13 heavy (non-hydrogen) atoms. The van der Waals surface area contributed by atoms with Gasteiger partial charge < -0.3 is 13.3 Å². The monoisotopic (exact) mass is 204 g/mol. The molecule has 0 rings (SSSR count). The van der Waals surface area contributed by atoms with E-state index >= 15 is 0 Å². The number of rotatable bonds is 5. The van der Waals surface area contributed by atoms with Crippen molar-refractivity contribution >= 4 is 15.5 Å². The molecule has 0 aromatic carbocycles. The maximum atomic E-state index is 11.2. The lowest BCUT2D eigenvalue weighted by Gasteiger charge is -2.11. The lowest BCUT2D eigenvalue weighted by atomic mass is 10.2. The molecule has 0 N–H and O–H groups in total. The maximum Gasteiger partial charge on any atom is 0.551 e. The molecule has 0 aromatic heterocycles. The van der Waals surface area contributed by atoms with Crippen LogP contribution in [0, 0.1) is 0 Å². The molecule has 0 aliphatic carbocycles. The first-order chi connectivity index (χ1) is 6.15. The van der Waals surface area contributed by atoms with E-state index in [2.05, 4.69) is 0 Å². The number of carbonyl (C=O) groups is 1. The van der Waals surface area contributed by atoms with E-state index in [4.69, 9.17) is 13.3 Å². The van der Waals surface area contributed by atoms with Crippen LogP contribution in [-0.4, -0.2) is 29.7 Å². The Hall–Kier alpha value is -0.653. The van der Waals surface area contributed by atoms with E-state index in [9.17, 15) is 4.79 Å². The molecule has 76 valence electrons. The molecule has 5 heteroatoms. The summed E-state index contributed by atoms with van der Waals surface area (Å²) in [5, 5.41) is 0. The van der Waals surface area contributed by atoms with Crippen LogP contribution in [0.15, 0.2) is 11.6 Å². The van der Waals surface area contributed by atoms with Gasteiger partial charge in [-0.2, -0.15) is 0 Å². The van der Waals surface area contributed by atoms with Gasteiger partial charge in [0.2, 0.25) is 0 Å². The summed E-state index contributed by atoms with van der Waals surface area (Å²) in [5.41, 5.74) is 0.592. The van der Waals surface area contributed by atoms with Crippen molar-refractivity contribution < 1.29 is 18.1 Å². The summed E-state index contributed by atoms with van der Waals surface area (Å²) in [7, 11) is 0.708. The van der Waals surface area contributed by atoms with Crippen molar-refractivity contribution in [3.63, 3.8) is 0 Å². The van der Waals surface area contributed by atoms with Crippen LogP contribution in [0.3, 0.4) is 0 Å². The fourth-order valence-corrected chi connectivity index (χ4v) is 1.51. The predicted octanol–water partition coefficient (Wildman–Crippen LogP) is 0.896. The first-order valence-corrected chi connectivity index (χ1v) is 5.50. The molecule has 0 aromatic rings. The van der Waals surface area contributed by atoms with Crippen molar-refractivity contribution in [2.24, 2.45) is 0 Å². The normalized spacial score (nSPS) is 11.9. The van der Waals surface area contributed by atoms with Gasteiger partial charge in [0.25, 0.3) is 0 Å². The third-order valence-corrected chi connectivity index (χ3v) is 2.60. The molecule has 0 aliphatic heterocycles. The first kappa shape index (κ1) is 12.3. The molecule has 0 saturated carbocycles. The van der Waals surface area contributed by atoms with Gasteiger partial charge in [-0.1, -0.05) is 13.0 Å². The Kier molecular flexibility index (Phi) is 6.48. The zero-order valence-corrected chi connectivity index (χ0v) is 9.65. The van der Waals surface area contributed by atoms with Gasteiger partial charge in [0.1, 0.15) is 0 Å². The predicted molar refractivity (Wildman–Crippen MR) is 51.3 cm³/mol. The Morgan fingerprint density at radius 1 is 1.38 bits per heavy atom. The Labute approximate surface area is 80.5 Å². The summed E-state index contributed by atoms with van der Waals surface area (Å²) in [4.78, 5) is 11.2. The van der Waals surface area contributed by atoms with Crippen molar-refractivity contribution in [2.75, 3.05) is 14.2 Å². The largest absolute Gasteiger partial charge is 0.551 e. The lowest BCUT2D eigenvalue weighted by Crippen LogP contribution is -2.27. The third kappa shape index (κ3) is 4.82. The third-order valence-electron chi connectivity index (χ3n) is 1.42. The standard InChI is InChI=1S/C8H16O4Si/c1-5-6-7(2)8(9)12-13(10-3)11-4/h6,13H,5H2,1-4H3. The smallest absolute Gasteiger partial charge is 0.472 e. The van der Waals surface area contributed by atoms with Gasteiger partial charge in [0.05, 0.1) is 0 Å². The highest BCUT2D eigenvalue weighted by molar-refractivity contribution is 6.39.